The van der Waals surface area contributed by atoms with Crippen molar-refractivity contribution in [1.82, 2.24) is 0 Å². The first-order valence-corrected chi connectivity index (χ1v) is 4.83. The Labute approximate surface area is 92.7 Å². The number of alkyl halides is 2. The molecule has 16 heavy (non-hydrogen) atoms. The second-order valence-corrected chi connectivity index (χ2v) is 3.28. The molecule has 0 heterocycles. The second-order valence-electron chi connectivity index (χ2n) is 3.28. The molecule has 82 valence electrons. The van der Waals surface area contributed by atoms with Crippen molar-refractivity contribution in [2.45, 2.75) is 25.7 Å². The summed E-state index contributed by atoms with van der Waals surface area (Å²) in [4.78, 5) is 0. The molecule has 1 aromatic carbocycles. The van der Waals surface area contributed by atoms with E-state index in [1.54, 1.807) is 6.07 Å². The van der Waals surface area contributed by atoms with Crippen LogP contribution in [0.3, 0.4) is 0 Å². The number of hydrogen-bond acceptors (Lipinski definition) is 2. The molecule has 0 radical (unpaired) electrons. The molecule has 0 spiro atoms. The minimum Gasteiger partial charge on any atom is -0.205 e. The Kier molecular flexibility index (Phi) is 4.42. The standard InChI is InChI=1S/C12H10F2N2/c13-12(14)11-5-1-3-9(4-2-7-15)10(11)6-8-16/h1,3,5,12H,2,4,6H2. The van der Waals surface area contributed by atoms with E-state index in [0.29, 0.717) is 17.5 Å². The number of benzene rings is 1. The fourth-order valence-electron chi connectivity index (χ4n) is 1.58. The van der Waals surface area contributed by atoms with Crippen molar-refractivity contribution in [1.29, 1.82) is 10.5 Å². The molecule has 0 aliphatic heterocycles. The summed E-state index contributed by atoms with van der Waals surface area (Å²) in [5.41, 5.74) is 0.938. The number of nitriles is 2. The maximum Gasteiger partial charge on any atom is 0.264 e. The monoisotopic (exact) mass is 220 g/mol. The van der Waals surface area contributed by atoms with Gasteiger partial charge in [-0.2, -0.15) is 10.5 Å². The van der Waals surface area contributed by atoms with Crippen molar-refractivity contribution in [2.75, 3.05) is 0 Å². The van der Waals surface area contributed by atoms with Crippen LogP contribution in [-0.4, -0.2) is 0 Å². The van der Waals surface area contributed by atoms with Gasteiger partial charge in [-0.3, -0.25) is 0 Å². The molecule has 0 saturated heterocycles. The highest BCUT2D eigenvalue weighted by molar-refractivity contribution is 5.38. The van der Waals surface area contributed by atoms with Gasteiger partial charge in [-0.05, 0) is 17.5 Å². The molecule has 1 aromatic rings. The van der Waals surface area contributed by atoms with Gasteiger partial charge < -0.3 is 0 Å². The maximum absolute atomic E-state index is 12.7. The molecule has 0 bridgehead atoms. The predicted molar refractivity (Wildman–Crippen MR) is 54.7 cm³/mol. The minimum absolute atomic E-state index is 0.0404. The molecular formula is C12H10F2N2. The van der Waals surface area contributed by atoms with Crippen LogP contribution in [-0.2, 0) is 12.8 Å². The quantitative estimate of drug-likeness (QED) is 0.782. The van der Waals surface area contributed by atoms with Gasteiger partial charge >= 0.3 is 0 Å². The Morgan fingerprint density at radius 3 is 2.50 bits per heavy atom. The molecule has 0 aliphatic rings. The summed E-state index contributed by atoms with van der Waals surface area (Å²) in [6.07, 6.45) is -1.94. The average Bonchev–Trinajstić information content (AvgIpc) is 2.27. The molecule has 4 heteroatoms. The Morgan fingerprint density at radius 2 is 1.94 bits per heavy atom. The van der Waals surface area contributed by atoms with E-state index in [1.807, 2.05) is 12.1 Å². The normalized spacial score (nSPS) is 9.81. The number of rotatable bonds is 4. The smallest absolute Gasteiger partial charge is 0.205 e. The van der Waals surface area contributed by atoms with E-state index in [-0.39, 0.29) is 18.4 Å². The van der Waals surface area contributed by atoms with Gasteiger partial charge in [0.05, 0.1) is 18.6 Å². The van der Waals surface area contributed by atoms with Gasteiger partial charge in [0, 0.05) is 12.0 Å². The lowest BCUT2D eigenvalue weighted by molar-refractivity contribution is 0.150. The van der Waals surface area contributed by atoms with Crippen LogP contribution in [0.15, 0.2) is 18.2 Å². The van der Waals surface area contributed by atoms with E-state index < -0.39 is 6.43 Å². The van der Waals surface area contributed by atoms with E-state index in [4.69, 9.17) is 10.5 Å². The largest absolute Gasteiger partial charge is 0.264 e. The van der Waals surface area contributed by atoms with Gasteiger partial charge in [0.2, 0.25) is 0 Å². The zero-order chi connectivity index (χ0) is 12.0. The van der Waals surface area contributed by atoms with Crippen LogP contribution < -0.4 is 0 Å². The number of hydrogen-bond donors (Lipinski definition) is 0. The molecule has 2 nitrogen and oxygen atoms in total. The van der Waals surface area contributed by atoms with Crippen molar-refractivity contribution >= 4 is 0 Å². The number of nitrogens with zero attached hydrogens (tertiary/aromatic N) is 2. The molecule has 0 N–H and O–H groups in total. The van der Waals surface area contributed by atoms with Crippen molar-refractivity contribution in [3.63, 3.8) is 0 Å². The Hall–Kier alpha value is -1.94. The minimum atomic E-state index is -2.58. The Bertz CT molecular complexity index is 441. The molecule has 1 rings (SSSR count). The lowest BCUT2D eigenvalue weighted by atomic mass is 9.96. The highest BCUT2D eigenvalue weighted by Crippen LogP contribution is 2.26. The van der Waals surface area contributed by atoms with Gasteiger partial charge in [0.25, 0.3) is 6.43 Å². The second kappa shape index (κ2) is 5.82. The SMILES string of the molecule is N#CCCc1cccc(C(F)F)c1CC#N. The number of aryl methyl sites for hydroxylation is 1. The fraction of sp³-hybridized carbons (Fsp3) is 0.333. The first-order valence-electron chi connectivity index (χ1n) is 4.83. The summed E-state index contributed by atoms with van der Waals surface area (Å²) in [6, 6.07) is 8.40. The van der Waals surface area contributed by atoms with Gasteiger partial charge in [0.15, 0.2) is 0 Å². The van der Waals surface area contributed by atoms with E-state index in [2.05, 4.69) is 0 Å². The summed E-state index contributed by atoms with van der Waals surface area (Å²) in [6.45, 7) is 0. The number of halogens is 2. The van der Waals surface area contributed by atoms with Crippen LogP contribution in [0.2, 0.25) is 0 Å². The zero-order valence-electron chi connectivity index (χ0n) is 8.58. The van der Waals surface area contributed by atoms with Gasteiger partial charge in [0.1, 0.15) is 0 Å². The van der Waals surface area contributed by atoms with Crippen LogP contribution in [0, 0.1) is 22.7 Å². The van der Waals surface area contributed by atoms with Gasteiger partial charge in [-0.25, -0.2) is 8.78 Å². The third-order valence-corrected chi connectivity index (χ3v) is 2.31. The topological polar surface area (TPSA) is 47.6 Å². The summed E-state index contributed by atoms with van der Waals surface area (Å²) in [5.74, 6) is 0. The maximum atomic E-state index is 12.7. The van der Waals surface area contributed by atoms with Crippen LogP contribution in [0.5, 0.6) is 0 Å². The van der Waals surface area contributed by atoms with Crippen LogP contribution >= 0.6 is 0 Å². The lowest BCUT2D eigenvalue weighted by Gasteiger charge is -2.10. The summed E-state index contributed by atoms with van der Waals surface area (Å²) in [5, 5.41) is 17.1. The van der Waals surface area contributed by atoms with E-state index in [1.165, 1.54) is 12.1 Å². The van der Waals surface area contributed by atoms with Crippen molar-refractivity contribution in [3.8, 4) is 12.1 Å². The van der Waals surface area contributed by atoms with Gasteiger partial charge in [-0.1, -0.05) is 18.2 Å². The zero-order valence-corrected chi connectivity index (χ0v) is 8.58. The summed E-state index contributed by atoms with van der Waals surface area (Å²) < 4.78 is 25.4. The first kappa shape index (κ1) is 12.1. The lowest BCUT2D eigenvalue weighted by Crippen LogP contribution is -2.00. The highest BCUT2D eigenvalue weighted by Gasteiger charge is 2.15. The van der Waals surface area contributed by atoms with Crippen molar-refractivity contribution in [2.24, 2.45) is 0 Å². The van der Waals surface area contributed by atoms with E-state index >= 15 is 0 Å². The van der Waals surface area contributed by atoms with Crippen molar-refractivity contribution in [3.05, 3.63) is 34.9 Å². The molecule has 0 fully saturated rings. The van der Waals surface area contributed by atoms with Crippen LogP contribution in [0.4, 0.5) is 8.78 Å². The third kappa shape index (κ3) is 2.77. The highest BCUT2D eigenvalue weighted by atomic mass is 19.3. The summed E-state index contributed by atoms with van der Waals surface area (Å²) >= 11 is 0. The molecule has 0 amide bonds. The molecule has 0 unspecified atom stereocenters. The molecule has 0 aromatic heterocycles. The van der Waals surface area contributed by atoms with E-state index in [9.17, 15) is 8.78 Å². The van der Waals surface area contributed by atoms with Crippen LogP contribution in [0.1, 0.15) is 29.5 Å². The predicted octanol–water partition coefficient (Wildman–Crippen LogP) is 3.15. The van der Waals surface area contributed by atoms with Crippen molar-refractivity contribution < 1.29 is 8.78 Å². The van der Waals surface area contributed by atoms with Crippen LogP contribution in [0.25, 0.3) is 0 Å². The van der Waals surface area contributed by atoms with E-state index in [0.717, 1.165) is 0 Å². The summed E-state index contributed by atoms with van der Waals surface area (Å²) in [7, 11) is 0. The third-order valence-electron chi connectivity index (χ3n) is 2.31. The molecular weight excluding hydrogens is 210 g/mol. The molecule has 0 atom stereocenters. The molecule has 0 aliphatic carbocycles. The Morgan fingerprint density at radius 1 is 1.19 bits per heavy atom. The average molecular weight is 220 g/mol. The van der Waals surface area contributed by atoms with Gasteiger partial charge in [-0.15, -0.1) is 0 Å². The first-order chi connectivity index (χ1) is 7.70. The Balaban J connectivity index is 3.12. The fourth-order valence-corrected chi connectivity index (χ4v) is 1.58. The molecule has 0 saturated carbocycles.